The highest BCUT2D eigenvalue weighted by Gasteiger charge is 2.13. The molecule has 2 heterocycles. The van der Waals surface area contributed by atoms with E-state index in [2.05, 4.69) is 10.1 Å². The van der Waals surface area contributed by atoms with Crippen LogP contribution in [0.2, 0.25) is 0 Å². The van der Waals surface area contributed by atoms with Crippen molar-refractivity contribution in [1.82, 2.24) is 14.8 Å². The van der Waals surface area contributed by atoms with Crippen molar-refractivity contribution in [3.63, 3.8) is 0 Å². The molecule has 0 radical (unpaired) electrons. The zero-order chi connectivity index (χ0) is 12.3. The minimum atomic E-state index is -2.49. The molecule has 4 nitrogen and oxygen atoms in total. The second-order valence-corrected chi connectivity index (χ2v) is 3.38. The molecular weight excluding hydrogens is 228 g/mol. The monoisotopic (exact) mass is 237 g/mol. The van der Waals surface area contributed by atoms with E-state index in [1.165, 1.54) is 24.7 Å². The molecule has 0 aliphatic heterocycles. The Hall–Kier alpha value is -2.11. The minimum absolute atomic E-state index is 0.150. The average Bonchev–Trinajstić information content (AvgIpc) is 2.77. The third-order valence-corrected chi connectivity index (χ3v) is 2.14. The highest BCUT2D eigenvalue weighted by molar-refractivity contribution is 6.07. The first-order valence-electron chi connectivity index (χ1n) is 4.93. The molecule has 0 saturated heterocycles. The molecule has 0 fully saturated rings. The van der Waals surface area contributed by atoms with E-state index in [-0.39, 0.29) is 11.5 Å². The van der Waals surface area contributed by atoms with Gasteiger partial charge in [0, 0.05) is 24.2 Å². The standard InChI is InChI=1S/C11H9F2N3O/c12-10(13)7-16-6-3-9(15-16)11(17)8-1-4-14-5-2-8/h1-6,10H,7H2. The van der Waals surface area contributed by atoms with Crippen molar-refractivity contribution in [2.75, 3.05) is 0 Å². The highest BCUT2D eigenvalue weighted by atomic mass is 19.3. The van der Waals surface area contributed by atoms with Crippen LogP contribution in [0, 0.1) is 0 Å². The molecule has 0 atom stereocenters. The van der Waals surface area contributed by atoms with Crippen LogP contribution in [0.3, 0.4) is 0 Å². The Morgan fingerprint density at radius 3 is 2.65 bits per heavy atom. The van der Waals surface area contributed by atoms with Crippen LogP contribution in [0.1, 0.15) is 16.1 Å². The number of nitrogens with zero attached hydrogens (tertiary/aromatic N) is 3. The number of hydrogen-bond donors (Lipinski definition) is 0. The van der Waals surface area contributed by atoms with E-state index in [4.69, 9.17) is 0 Å². The first kappa shape index (κ1) is 11.4. The summed E-state index contributed by atoms with van der Waals surface area (Å²) in [6.45, 7) is -0.510. The van der Waals surface area contributed by atoms with Crippen LogP contribution in [0.5, 0.6) is 0 Å². The number of hydrogen-bond acceptors (Lipinski definition) is 3. The molecule has 2 aromatic heterocycles. The molecule has 88 valence electrons. The highest BCUT2D eigenvalue weighted by Crippen LogP contribution is 2.07. The van der Waals surface area contributed by atoms with Crippen molar-refractivity contribution in [1.29, 1.82) is 0 Å². The zero-order valence-electron chi connectivity index (χ0n) is 8.75. The van der Waals surface area contributed by atoms with Gasteiger partial charge >= 0.3 is 0 Å². The first-order chi connectivity index (χ1) is 8.16. The largest absolute Gasteiger partial charge is 0.287 e. The number of ketones is 1. The Bertz CT molecular complexity index is 510. The lowest BCUT2D eigenvalue weighted by atomic mass is 10.1. The van der Waals surface area contributed by atoms with Crippen LogP contribution in [0.4, 0.5) is 8.78 Å². The lowest BCUT2D eigenvalue weighted by Gasteiger charge is -1.99. The summed E-state index contributed by atoms with van der Waals surface area (Å²) >= 11 is 0. The van der Waals surface area contributed by atoms with Crippen molar-refractivity contribution in [3.8, 4) is 0 Å². The fraction of sp³-hybridized carbons (Fsp3) is 0.182. The number of rotatable bonds is 4. The van der Waals surface area contributed by atoms with Crippen molar-refractivity contribution in [3.05, 3.63) is 48.0 Å². The van der Waals surface area contributed by atoms with Gasteiger partial charge in [-0.15, -0.1) is 0 Å². The van der Waals surface area contributed by atoms with Crippen molar-refractivity contribution in [2.45, 2.75) is 13.0 Å². The van der Waals surface area contributed by atoms with Crippen LogP contribution in [0.15, 0.2) is 36.8 Å². The Morgan fingerprint density at radius 2 is 2.00 bits per heavy atom. The van der Waals surface area contributed by atoms with E-state index in [0.29, 0.717) is 5.56 Å². The van der Waals surface area contributed by atoms with Crippen molar-refractivity contribution < 1.29 is 13.6 Å². The number of aromatic nitrogens is 3. The average molecular weight is 237 g/mol. The predicted molar refractivity (Wildman–Crippen MR) is 55.9 cm³/mol. The van der Waals surface area contributed by atoms with Gasteiger partial charge in [0.2, 0.25) is 5.78 Å². The third-order valence-electron chi connectivity index (χ3n) is 2.14. The smallest absolute Gasteiger partial charge is 0.257 e. The van der Waals surface area contributed by atoms with Gasteiger partial charge in [0.25, 0.3) is 6.43 Å². The first-order valence-corrected chi connectivity index (χ1v) is 4.93. The van der Waals surface area contributed by atoms with E-state index in [1.807, 2.05) is 0 Å². The normalized spacial score (nSPS) is 10.8. The van der Waals surface area contributed by atoms with Crippen LogP contribution >= 0.6 is 0 Å². The van der Waals surface area contributed by atoms with Gasteiger partial charge in [0.1, 0.15) is 12.2 Å². The maximum absolute atomic E-state index is 12.1. The van der Waals surface area contributed by atoms with Crippen LogP contribution in [0.25, 0.3) is 0 Å². The molecule has 0 aliphatic carbocycles. The molecule has 0 aliphatic rings. The van der Waals surface area contributed by atoms with Gasteiger partial charge in [-0.25, -0.2) is 8.78 Å². The van der Waals surface area contributed by atoms with E-state index >= 15 is 0 Å². The second-order valence-electron chi connectivity index (χ2n) is 3.38. The summed E-state index contributed by atoms with van der Waals surface area (Å²) in [5.41, 5.74) is 0.583. The summed E-state index contributed by atoms with van der Waals surface area (Å²) in [7, 11) is 0. The lowest BCUT2D eigenvalue weighted by Crippen LogP contribution is -2.09. The molecule has 0 amide bonds. The molecule has 0 aromatic carbocycles. The van der Waals surface area contributed by atoms with Crippen LogP contribution in [-0.2, 0) is 6.54 Å². The summed E-state index contributed by atoms with van der Waals surface area (Å²) in [6.07, 6.45) is 1.85. The van der Waals surface area contributed by atoms with Crippen molar-refractivity contribution >= 4 is 5.78 Å². The van der Waals surface area contributed by atoms with Crippen LogP contribution in [-0.4, -0.2) is 27.0 Å². The van der Waals surface area contributed by atoms with Crippen molar-refractivity contribution in [2.24, 2.45) is 0 Å². The summed E-state index contributed by atoms with van der Waals surface area (Å²) < 4.78 is 25.3. The summed E-state index contributed by atoms with van der Waals surface area (Å²) in [6, 6.07) is 4.52. The molecule has 17 heavy (non-hydrogen) atoms. The fourth-order valence-electron chi connectivity index (χ4n) is 1.38. The Balaban J connectivity index is 2.18. The summed E-state index contributed by atoms with van der Waals surface area (Å²) in [5, 5.41) is 3.79. The number of pyridine rings is 1. The molecule has 6 heteroatoms. The quantitative estimate of drug-likeness (QED) is 0.761. The number of carbonyl (C=O) groups is 1. The molecule has 0 saturated carbocycles. The van der Waals surface area contributed by atoms with Gasteiger partial charge in [-0.2, -0.15) is 5.10 Å². The van der Waals surface area contributed by atoms with E-state index in [9.17, 15) is 13.6 Å². The Labute approximate surface area is 95.9 Å². The maximum Gasteiger partial charge on any atom is 0.257 e. The fourth-order valence-corrected chi connectivity index (χ4v) is 1.38. The second kappa shape index (κ2) is 4.82. The molecule has 2 aromatic rings. The molecule has 2 rings (SSSR count). The van der Waals surface area contributed by atoms with Gasteiger partial charge in [0.05, 0.1) is 0 Å². The Morgan fingerprint density at radius 1 is 1.29 bits per heavy atom. The molecule has 0 unspecified atom stereocenters. The minimum Gasteiger partial charge on any atom is -0.287 e. The predicted octanol–water partition coefficient (Wildman–Crippen LogP) is 1.77. The third kappa shape index (κ3) is 2.72. The van der Waals surface area contributed by atoms with E-state index < -0.39 is 13.0 Å². The maximum atomic E-state index is 12.1. The SMILES string of the molecule is O=C(c1ccncc1)c1ccn(CC(F)F)n1. The van der Waals surface area contributed by atoms with E-state index in [1.54, 1.807) is 12.1 Å². The van der Waals surface area contributed by atoms with Gasteiger partial charge in [-0.05, 0) is 18.2 Å². The Kier molecular flexibility index (Phi) is 3.22. The summed E-state index contributed by atoms with van der Waals surface area (Å²) in [4.78, 5) is 15.6. The number of carbonyl (C=O) groups excluding carboxylic acids is 1. The molecular formula is C11H9F2N3O. The van der Waals surface area contributed by atoms with Gasteiger partial charge < -0.3 is 0 Å². The van der Waals surface area contributed by atoms with Gasteiger partial charge in [0.15, 0.2) is 0 Å². The summed E-state index contributed by atoms with van der Waals surface area (Å²) in [5.74, 6) is -0.305. The topological polar surface area (TPSA) is 47.8 Å². The van der Waals surface area contributed by atoms with Gasteiger partial charge in [-0.3, -0.25) is 14.5 Å². The van der Waals surface area contributed by atoms with Crippen LogP contribution < -0.4 is 0 Å². The van der Waals surface area contributed by atoms with E-state index in [0.717, 1.165) is 4.68 Å². The lowest BCUT2D eigenvalue weighted by molar-refractivity contribution is 0.102. The molecule has 0 bridgehead atoms. The number of halogens is 2. The zero-order valence-corrected chi connectivity index (χ0v) is 8.75. The van der Waals surface area contributed by atoms with Gasteiger partial charge in [-0.1, -0.05) is 0 Å². The number of alkyl halides is 2. The molecule has 0 N–H and O–H groups in total. The molecule has 0 spiro atoms.